The monoisotopic (exact) mass is 184 g/mol. The maximum atomic E-state index is 11.1. The summed E-state index contributed by atoms with van der Waals surface area (Å²) in [5, 5.41) is 3.38. The molecule has 4 heteroatoms. The summed E-state index contributed by atoms with van der Waals surface area (Å²) in [6.07, 6.45) is 2.29. The van der Waals surface area contributed by atoms with Gasteiger partial charge in [-0.15, -0.1) is 0 Å². The van der Waals surface area contributed by atoms with Crippen molar-refractivity contribution >= 4 is 6.09 Å². The van der Waals surface area contributed by atoms with Gasteiger partial charge in [-0.3, -0.25) is 0 Å². The third kappa shape index (κ3) is 1.50. The topological polar surface area (TPSA) is 41.6 Å². The van der Waals surface area contributed by atoms with E-state index in [9.17, 15) is 4.79 Å². The zero-order chi connectivity index (χ0) is 9.31. The SMILES string of the molecule is COC(=O)N1CC2(CCCNC2)C1. The van der Waals surface area contributed by atoms with Crippen molar-refractivity contribution in [3.8, 4) is 0 Å². The van der Waals surface area contributed by atoms with Crippen LogP contribution in [0.2, 0.25) is 0 Å². The number of carbonyl (C=O) groups is 1. The summed E-state index contributed by atoms with van der Waals surface area (Å²) < 4.78 is 4.65. The smallest absolute Gasteiger partial charge is 0.409 e. The van der Waals surface area contributed by atoms with Crippen LogP contribution in [0.3, 0.4) is 0 Å². The van der Waals surface area contributed by atoms with Crippen molar-refractivity contribution in [2.45, 2.75) is 12.8 Å². The number of likely N-dealkylation sites (tertiary alicyclic amines) is 1. The van der Waals surface area contributed by atoms with Gasteiger partial charge in [0.15, 0.2) is 0 Å². The van der Waals surface area contributed by atoms with Crippen LogP contribution in [0.5, 0.6) is 0 Å². The van der Waals surface area contributed by atoms with Gasteiger partial charge in [-0.05, 0) is 19.4 Å². The van der Waals surface area contributed by atoms with Gasteiger partial charge in [0, 0.05) is 25.0 Å². The van der Waals surface area contributed by atoms with Crippen molar-refractivity contribution in [3.63, 3.8) is 0 Å². The Kier molecular flexibility index (Phi) is 2.15. The molecule has 0 bridgehead atoms. The fourth-order valence-electron chi connectivity index (χ4n) is 2.32. The zero-order valence-corrected chi connectivity index (χ0v) is 8.01. The summed E-state index contributed by atoms with van der Waals surface area (Å²) in [4.78, 5) is 12.9. The van der Waals surface area contributed by atoms with E-state index in [1.807, 2.05) is 0 Å². The van der Waals surface area contributed by atoms with Gasteiger partial charge < -0.3 is 15.0 Å². The molecule has 2 aliphatic heterocycles. The molecular formula is C9H16N2O2. The summed E-state index contributed by atoms with van der Waals surface area (Å²) in [5.41, 5.74) is 0.367. The Morgan fingerprint density at radius 3 is 2.85 bits per heavy atom. The number of methoxy groups -OCH3 is 1. The van der Waals surface area contributed by atoms with Crippen LogP contribution in [0.25, 0.3) is 0 Å². The average Bonchev–Trinajstić information content (AvgIpc) is 2.14. The normalized spacial score (nSPS) is 25.5. The lowest BCUT2D eigenvalue weighted by atomic mass is 9.74. The van der Waals surface area contributed by atoms with Gasteiger partial charge in [-0.2, -0.15) is 0 Å². The Hall–Kier alpha value is -0.770. The molecule has 0 unspecified atom stereocenters. The van der Waals surface area contributed by atoms with Crippen LogP contribution in [-0.2, 0) is 4.74 Å². The van der Waals surface area contributed by atoms with Crippen LogP contribution in [0, 0.1) is 5.41 Å². The molecule has 1 spiro atoms. The van der Waals surface area contributed by atoms with E-state index >= 15 is 0 Å². The van der Waals surface area contributed by atoms with Gasteiger partial charge in [0.25, 0.3) is 0 Å². The second kappa shape index (κ2) is 3.18. The standard InChI is InChI=1S/C9H16N2O2/c1-13-8(12)11-6-9(7-11)3-2-4-10-5-9/h10H,2-7H2,1H3. The highest BCUT2D eigenvalue weighted by Gasteiger charge is 2.45. The molecule has 0 saturated carbocycles. The molecule has 74 valence electrons. The molecule has 2 saturated heterocycles. The summed E-state index contributed by atoms with van der Waals surface area (Å²) in [6.45, 7) is 3.92. The fraction of sp³-hybridized carbons (Fsp3) is 0.889. The van der Waals surface area contributed by atoms with E-state index in [4.69, 9.17) is 0 Å². The Morgan fingerprint density at radius 1 is 1.54 bits per heavy atom. The maximum Gasteiger partial charge on any atom is 0.409 e. The Morgan fingerprint density at radius 2 is 2.31 bits per heavy atom. The number of nitrogens with zero attached hydrogens (tertiary/aromatic N) is 1. The van der Waals surface area contributed by atoms with Crippen molar-refractivity contribution in [3.05, 3.63) is 0 Å². The first-order chi connectivity index (χ1) is 6.26. The summed E-state index contributed by atoms with van der Waals surface area (Å²) in [6, 6.07) is 0. The van der Waals surface area contributed by atoms with Gasteiger partial charge in [-0.25, -0.2) is 4.79 Å². The molecule has 0 aromatic heterocycles. The largest absolute Gasteiger partial charge is 0.453 e. The molecule has 2 aliphatic rings. The zero-order valence-electron chi connectivity index (χ0n) is 8.01. The number of nitrogens with one attached hydrogen (secondary N) is 1. The first-order valence-electron chi connectivity index (χ1n) is 4.79. The minimum atomic E-state index is -0.184. The number of rotatable bonds is 0. The average molecular weight is 184 g/mol. The van der Waals surface area contributed by atoms with Gasteiger partial charge in [0.05, 0.1) is 7.11 Å². The minimum absolute atomic E-state index is 0.184. The summed E-state index contributed by atoms with van der Waals surface area (Å²) >= 11 is 0. The third-order valence-corrected chi connectivity index (χ3v) is 3.05. The van der Waals surface area contributed by atoms with Gasteiger partial charge in [0.1, 0.15) is 0 Å². The Balaban J connectivity index is 1.85. The Labute approximate surface area is 78.2 Å². The predicted octanol–water partition coefficient (Wildman–Crippen LogP) is 0.438. The quantitative estimate of drug-likeness (QED) is 0.594. The molecule has 1 amide bonds. The van der Waals surface area contributed by atoms with Crippen molar-refractivity contribution in [1.29, 1.82) is 0 Å². The van der Waals surface area contributed by atoms with Crippen LogP contribution < -0.4 is 5.32 Å². The molecular weight excluding hydrogens is 168 g/mol. The Bertz CT molecular complexity index is 204. The highest BCUT2D eigenvalue weighted by Crippen LogP contribution is 2.36. The van der Waals surface area contributed by atoms with Crippen LogP contribution >= 0.6 is 0 Å². The van der Waals surface area contributed by atoms with E-state index in [1.54, 1.807) is 4.90 Å². The number of carbonyl (C=O) groups excluding carboxylic acids is 1. The molecule has 0 atom stereocenters. The van der Waals surface area contributed by atoms with Crippen LogP contribution in [-0.4, -0.2) is 44.3 Å². The molecule has 13 heavy (non-hydrogen) atoms. The molecule has 4 nitrogen and oxygen atoms in total. The highest BCUT2D eigenvalue weighted by molar-refractivity contribution is 5.68. The third-order valence-electron chi connectivity index (χ3n) is 3.05. The van der Waals surface area contributed by atoms with Gasteiger partial charge >= 0.3 is 6.09 Å². The molecule has 2 rings (SSSR count). The van der Waals surface area contributed by atoms with Crippen LogP contribution in [0.15, 0.2) is 0 Å². The summed E-state index contributed by atoms with van der Waals surface area (Å²) in [7, 11) is 1.44. The second-order valence-corrected chi connectivity index (χ2v) is 4.11. The molecule has 0 aromatic rings. The molecule has 1 N–H and O–H groups in total. The van der Waals surface area contributed by atoms with E-state index in [0.29, 0.717) is 5.41 Å². The number of hydrogen-bond donors (Lipinski definition) is 1. The lowest BCUT2D eigenvalue weighted by Gasteiger charge is -2.51. The van der Waals surface area contributed by atoms with E-state index < -0.39 is 0 Å². The minimum Gasteiger partial charge on any atom is -0.453 e. The van der Waals surface area contributed by atoms with E-state index in [1.165, 1.54) is 20.0 Å². The molecule has 0 radical (unpaired) electrons. The number of piperidine rings is 1. The van der Waals surface area contributed by atoms with E-state index in [-0.39, 0.29) is 6.09 Å². The summed E-state index contributed by atoms with van der Waals surface area (Å²) in [5.74, 6) is 0. The first kappa shape index (κ1) is 8.81. The molecule has 0 aliphatic carbocycles. The molecule has 0 aromatic carbocycles. The van der Waals surface area contributed by atoms with Crippen LogP contribution in [0.1, 0.15) is 12.8 Å². The van der Waals surface area contributed by atoms with Crippen molar-refractivity contribution in [2.75, 3.05) is 33.3 Å². The number of hydrogen-bond acceptors (Lipinski definition) is 3. The number of ether oxygens (including phenoxy) is 1. The fourth-order valence-corrected chi connectivity index (χ4v) is 2.32. The molecule has 2 fully saturated rings. The first-order valence-corrected chi connectivity index (χ1v) is 4.79. The predicted molar refractivity (Wildman–Crippen MR) is 48.5 cm³/mol. The lowest BCUT2D eigenvalue weighted by molar-refractivity contribution is -0.0113. The van der Waals surface area contributed by atoms with Gasteiger partial charge in [-0.1, -0.05) is 0 Å². The van der Waals surface area contributed by atoms with E-state index in [0.717, 1.165) is 26.2 Å². The van der Waals surface area contributed by atoms with Crippen molar-refractivity contribution < 1.29 is 9.53 Å². The highest BCUT2D eigenvalue weighted by atomic mass is 16.5. The second-order valence-electron chi connectivity index (χ2n) is 4.11. The maximum absolute atomic E-state index is 11.1. The number of amides is 1. The van der Waals surface area contributed by atoms with Crippen LogP contribution in [0.4, 0.5) is 4.79 Å². The van der Waals surface area contributed by atoms with E-state index in [2.05, 4.69) is 10.1 Å². The van der Waals surface area contributed by atoms with Crippen molar-refractivity contribution in [2.24, 2.45) is 5.41 Å². The lowest BCUT2D eigenvalue weighted by Crippen LogP contribution is -2.63. The van der Waals surface area contributed by atoms with Crippen molar-refractivity contribution in [1.82, 2.24) is 10.2 Å². The van der Waals surface area contributed by atoms with Gasteiger partial charge in [0.2, 0.25) is 0 Å². The molecule has 2 heterocycles.